The van der Waals surface area contributed by atoms with Crippen molar-refractivity contribution in [1.82, 2.24) is 24.6 Å². The second-order valence-corrected chi connectivity index (χ2v) is 11.7. The van der Waals surface area contributed by atoms with Crippen molar-refractivity contribution in [1.29, 1.82) is 0 Å². The molecule has 5 N–H and O–H groups in total. The molecule has 2 aromatic heterocycles. The maximum atomic E-state index is 16.4. The monoisotopic (exact) mass is 605 g/mol. The van der Waals surface area contributed by atoms with E-state index in [4.69, 9.17) is 24.3 Å². The van der Waals surface area contributed by atoms with Crippen LogP contribution in [0.15, 0.2) is 49.3 Å². The summed E-state index contributed by atoms with van der Waals surface area (Å²) in [5.74, 6) is -0.164. The third kappa shape index (κ3) is 6.10. The molecule has 0 bridgehead atoms. The highest BCUT2D eigenvalue weighted by atomic mass is 31.2. The van der Waals surface area contributed by atoms with E-state index >= 15 is 4.39 Å². The zero-order valence-electron chi connectivity index (χ0n) is 23.1. The first kappa shape index (κ1) is 29.9. The fraction of sp³-hybridized carbons (Fsp3) is 0.462. The summed E-state index contributed by atoms with van der Waals surface area (Å²) in [6, 6.07) is 7.27. The minimum absolute atomic E-state index is 0.0605. The molecule has 1 aliphatic carbocycles. The van der Waals surface area contributed by atoms with Crippen LogP contribution in [0.5, 0.6) is 5.75 Å². The summed E-state index contributed by atoms with van der Waals surface area (Å²) >= 11 is 0. The highest BCUT2D eigenvalue weighted by molar-refractivity contribution is 7.52. The molecule has 0 radical (unpaired) electrons. The third-order valence-electron chi connectivity index (χ3n) is 6.78. The molecule has 0 spiro atoms. The quantitative estimate of drug-likeness (QED) is 0.127. The molecule has 1 saturated carbocycles. The van der Waals surface area contributed by atoms with Crippen molar-refractivity contribution < 1.29 is 37.4 Å². The molecular weight excluding hydrogens is 572 g/mol. The number of esters is 1. The number of hydrogen-bond acceptors (Lipinski definition) is 12. The van der Waals surface area contributed by atoms with Crippen LogP contribution in [0.25, 0.3) is 11.2 Å². The molecule has 1 aliphatic heterocycles. The summed E-state index contributed by atoms with van der Waals surface area (Å²) in [6.07, 6.45) is -0.487. The number of carbonyl (C=O) groups excluding carboxylic acids is 1. The maximum Gasteiger partial charge on any atom is 0.459 e. The van der Waals surface area contributed by atoms with Gasteiger partial charge in [0.25, 0.3) is 0 Å². The minimum Gasteiger partial charge on any atom is -0.465 e. The van der Waals surface area contributed by atoms with Crippen LogP contribution in [0, 0.1) is 0 Å². The van der Waals surface area contributed by atoms with E-state index in [9.17, 15) is 14.5 Å². The van der Waals surface area contributed by atoms with Crippen LogP contribution < -0.4 is 20.7 Å². The van der Waals surface area contributed by atoms with Crippen molar-refractivity contribution in [2.75, 3.05) is 24.3 Å². The first-order chi connectivity index (χ1) is 20.1. The van der Waals surface area contributed by atoms with Gasteiger partial charge in [-0.15, -0.1) is 0 Å². The number of para-hydroxylation sites is 1. The Bertz CT molecular complexity index is 1490. The number of nitrogens with two attached hydrogens (primary N) is 1. The van der Waals surface area contributed by atoms with Gasteiger partial charge in [0.15, 0.2) is 23.2 Å². The predicted octanol–water partition coefficient (Wildman–Crippen LogP) is 2.88. The maximum absolute atomic E-state index is 16.4. The number of nitrogens with one attached hydrogen (secondary N) is 2. The van der Waals surface area contributed by atoms with E-state index in [0.29, 0.717) is 11.3 Å². The summed E-state index contributed by atoms with van der Waals surface area (Å²) in [4.78, 5) is 25.0. The van der Waals surface area contributed by atoms with Gasteiger partial charge >= 0.3 is 13.7 Å². The Balaban J connectivity index is 1.39. The van der Waals surface area contributed by atoms with Gasteiger partial charge in [0.05, 0.1) is 19.5 Å². The summed E-state index contributed by atoms with van der Waals surface area (Å²) in [6.45, 7) is 6.13. The first-order valence-electron chi connectivity index (χ1n) is 13.4. The zero-order valence-corrected chi connectivity index (χ0v) is 23.9. The number of fused-ring (bicyclic) bond motifs is 1. The van der Waals surface area contributed by atoms with Crippen molar-refractivity contribution in [2.24, 2.45) is 0 Å². The summed E-state index contributed by atoms with van der Waals surface area (Å²) < 4.78 is 53.6. The molecule has 1 aromatic carbocycles. The molecule has 2 aliphatic rings. The van der Waals surface area contributed by atoms with Gasteiger partial charge in [-0.3, -0.25) is 13.9 Å². The smallest absolute Gasteiger partial charge is 0.459 e. The highest BCUT2D eigenvalue weighted by Crippen LogP contribution is 2.48. The number of rotatable bonds is 13. The van der Waals surface area contributed by atoms with E-state index in [0.717, 1.165) is 18.9 Å². The molecule has 1 unspecified atom stereocenters. The SMILES string of the molecule is C=C[C@@]1(F)[C@H](O)[C@@H](CO[P@](=O)(NC(C)C(=O)OCC)Oc2ccccc2)O[C@H]1n1cnc2c(NC3CC3)nc(N)nc21. The topological polar surface area (TPSA) is 185 Å². The average Bonchev–Trinajstić information content (AvgIpc) is 3.62. The Labute approximate surface area is 241 Å². The molecule has 6 atom stereocenters. The van der Waals surface area contributed by atoms with Crippen molar-refractivity contribution in [2.45, 2.75) is 62.9 Å². The number of nitrogens with zero attached hydrogens (tertiary/aromatic N) is 4. The van der Waals surface area contributed by atoms with Gasteiger partial charge in [-0.05, 0) is 44.9 Å². The number of imidazole rings is 1. The number of hydrogen-bond donors (Lipinski definition) is 4. The zero-order chi connectivity index (χ0) is 30.1. The van der Waals surface area contributed by atoms with Crippen LogP contribution in [0.3, 0.4) is 0 Å². The lowest BCUT2D eigenvalue weighted by atomic mass is 9.96. The molecule has 42 heavy (non-hydrogen) atoms. The fourth-order valence-electron chi connectivity index (χ4n) is 4.47. The lowest BCUT2D eigenvalue weighted by molar-refractivity contribution is -0.144. The Morgan fingerprint density at radius 3 is 2.79 bits per heavy atom. The molecule has 3 aromatic rings. The van der Waals surface area contributed by atoms with E-state index in [1.165, 1.54) is 30.0 Å². The molecule has 5 rings (SSSR count). The van der Waals surface area contributed by atoms with Gasteiger partial charge in [0, 0.05) is 6.04 Å². The lowest BCUT2D eigenvalue weighted by Crippen LogP contribution is -2.42. The van der Waals surface area contributed by atoms with E-state index in [1.54, 1.807) is 25.1 Å². The van der Waals surface area contributed by atoms with Gasteiger partial charge < -0.3 is 30.2 Å². The van der Waals surface area contributed by atoms with E-state index in [2.05, 4.69) is 31.9 Å². The van der Waals surface area contributed by atoms with Crippen molar-refractivity contribution in [3.63, 3.8) is 0 Å². The third-order valence-corrected chi connectivity index (χ3v) is 8.42. The number of aromatic nitrogens is 4. The predicted molar refractivity (Wildman–Crippen MR) is 150 cm³/mol. The standard InChI is InChI=1S/C26H33FN7O7P/c1-4-26(27)20(35)18(13-39-42(37,33-15(3)23(36)38-5-2)41-17-9-7-6-8-10-17)40-24(26)34-14-29-19-21(30-16-11-12-16)31-25(28)32-22(19)34/h4,6-10,14-16,18,20,24,35H,1,5,11-13H2,2-3H3,(H,33,37)(H3,28,30,31,32)/t15?,18-,20-,24-,26-,42-/m1/s1. The van der Waals surface area contributed by atoms with Crippen LogP contribution >= 0.6 is 7.75 Å². The summed E-state index contributed by atoms with van der Waals surface area (Å²) in [5, 5.41) is 16.8. The number of alkyl halides is 1. The molecule has 16 heteroatoms. The van der Waals surface area contributed by atoms with Crippen molar-refractivity contribution >= 4 is 36.6 Å². The Morgan fingerprint density at radius 2 is 2.12 bits per heavy atom. The van der Waals surface area contributed by atoms with Crippen molar-refractivity contribution in [3.8, 4) is 5.75 Å². The number of nitrogen functional groups attached to an aromatic ring is 1. The molecule has 226 valence electrons. The number of carbonyl (C=O) groups is 1. The summed E-state index contributed by atoms with van der Waals surface area (Å²) in [5.41, 5.74) is 3.91. The van der Waals surface area contributed by atoms with E-state index in [1.807, 2.05) is 0 Å². The number of anilines is 2. The number of aliphatic hydroxyl groups excluding tert-OH is 1. The second-order valence-electron chi connectivity index (χ2n) is 9.98. The molecule has 1 saturated heterocycles. The lowest BCUT2D eigenvalue weighted by Gasteiger charge is -2.26. The Hall–Kier alpha value is -3.62. The van der Waals surface area contributed by atoms with Crippen LogP contribution in [0.1, 0.15) is 32.9 Å². The number of halogens is 1. The highest BCUT2D eigenvalue weighted by Gasteiger charge is 2.57. The van der Waals surface area contributed by atoms with Gasteiger partial charge in [-0.2, -0.15) is 15.1 Å². The summed E-state index contributed by atoms with van der Waals surface area (Å²) in [7, 11) is -4.30. The Kier molecular flexibility index (Phi) is 8.49. The fourth-order valence-corrected chi connectivity index (χ4v) is 5.97. The van der Waals surface area contributed by atoms with Crippen LogP contribution in [-0.2, 0) is 23.4 Å². The van der Waals surface area contributed by atoms with Gasteiger partial charge in [-0.1, -0.05) is 24.8 Å². The van der Waals surface area contributed by atoms with Crippen LogP contribution in [0.2, 0.25) is 0 Å². The van der Waals surface area contributed by atoms with Gasteiger partial charge in [-0.25, -0.2) is 13.9 Å². The van der Waals surface area contributed by atoms with Crippen LogP contribution in [0.4, 0.5) is 16.2 Å². The molecule has 14 nitrogen and oxygen atoms in total. The number of benzene rings is 1. The molecule has 3 heterocycles. The van der Waals surface area contributed by atoms with E-state index < -0.39 is 50.5 Å². The normalized spacial score (nSPS) is 26.0. The number of ether oxygens (including phenoxy) is 2. The number of aliphatic hydroxyl groups is 1. The largest absolute Gasteiger partial charge is 0.465 e. The molecule has 2 fully saturated rings. The Morgan fingerprint density at radius 1 is 1.38 bits per heavy atom. The van der Waals surface area contributed by atoms with Crippen LogP contribution in [-0.4, -0.2) is 73.8 Å². The van der Waals surface area contributed by atoms with Crippen molar-refractivity contribution in [3.05, 3.63) is 49.3 Å². The minimum atomic E-state index is -4.30. The molecule has 0 amide bonds. The second kappa shape index (κ2) is 11.9. The van der Waals surface area contributed by atoms with Gasteiger partial charge in [0.2, 0.25) is 11.6 Å². The first-order valence-corrected chi connectivity index (χ1v) is 15.0. The van der Waals surface area contributed by atoms with Gasteiger partial charge in [0.1, 0.15) is 24.0 Å². The average molecular weight is 606 g/mol. The molecular formula is C26H33FN7O7P. The van der Waals surface area contributed by atoms with E-state index in [-0.39, 0.29) is 30.0 Å².